The lowest BCUT2D eigenvalue weighted by molar-refractivity contribution is 0.133. The molecule has 0 aromatic heterocycles. The highest BCUT2D eigenvalue weighted by Crippen LogP contribution is 2.26. The molecular formula is C13H20BrNO2. The third-order valence-corrected chi connectivity index (χ3v) is 3.09. The fourth-order valence-electron chi connectivity index (χ4n) is 1.42. The number of ether oxygens (including phenoxy) is 1. The number of nitrogens with one attached hydrogen (secondary N) is 1. The van der Waals surface area contributed by atoms with Crippen LogP contribution in [-0.2, 0) is 11.3 Å². The van der Waals surface area contributed by atoms with Gasteiger partial charge in [-0.25, -0.2) is 0 Å². The van der Waals surface area contributed by atoms with Gasteiger partial charge in [-0.1, -0.05) is 25.5 Å². The number of unbranched alkanes of at least 4 members (excludes halogenated alkanes) is 1. The first-order valence-corrected chi connectivity index (χ1v) is 6.79. The molecule has 0 aliphatic rings. The summed E-state index contributed by atoms with van der Waals surface area (Å²) in [6, 6.07) is 5.65. The Balaban J connectivity index is 2.16. The molecule has 0 fully saturated rings. The van der Waals surface area contributed by atoms with Gasteiger partial charge in [0, 0.05) is 25.3 Å². The first kappa shape index (κ1) is 14.5. The normalized spacial score (nSPS) is 10.7. The summed E-state index contributed by atoms with van der Waals surface area (Å²) in [5.74, 6) is 0.312. The zero-order valence-electron chi connectivity index (χ0n) is 10.2. The van der Waals surface area contributed by atoms with E-state index in [2.05, 4.69) is 28.2 Å². The molecule has 0 atom stereocenters. The molecule has 0 radical (unpaired) electrons. The Morgan fingerprint density at radius 2 is 2.18 bits per heavy atom. The van der Waals surface area contributed by atoms with Gasteiger partial charge < -0.3 is 15.2 Å². The van der Waals surface area contributed by atoms with Crippen molar-refractivity contribution >= 4 is 15.9 Å². The van der Waals surface area contributed by atoms with Gasteiger partial charge in [0.25, 0.3) is 0 Å². The number of hydrogen-bond acceptors (Lipinski definition) is 3. The van der Waals surface area contributed by atoms with Crippen LogP contribution in [0.5, 0.6) is 5.75 Å². The number of phenols is 1. The van der Waals surface area contributed by atoms with Crippen LogP contribution in [0.25, 0.3) is 0 Å². The fraction of sp³-hybridized carbons (Fsp3) is 0.538. The van der Waals surface area contributed by atoms with Crippen LogP contribution in [-0.4, -0.2) is 24.9 Å². The van der Waals surface area contributed by atoms with Gasteiger partial charge in [0.05, 0.1) is 11.1 Å². The topological polar surface area (TPSA) is 41.5 Å². The molecule has 0 bridgehead atoms. The molecule has 17 heavy (non-hydrogen) atoms. The Kier molecular flexibility index (Phi) is 7.24. The Morgan fingerprint density at radius 1 is 1.35 bits per heavy atom. The van der Waals surface area contributed by atoms with Gasteiger partial charge in [-0.05, 0) is 28.4 Å². The summed E-state index contributed by atoms with van der Waals surface area (Å²) >= 11 is 3.29. The smallest absolute Gasteiger partial charge is 0.134 e. The number of aromatic hydroxyl groups is 1. The van der Waals surface area contributed by atoms with Gasteiger partial charge in [0.1, 0.15) is 5.75 Å². The number of para-hydroxylation sites is 1. The van der Waals surface area contributed by atoms with Crippen LogP contribution >= 0.6 is 15.9 Å². The predicted molar refractivity (Wildman–Crippen MR) is 73.2 cm³/mol. The number of hydrogen-bond donors (Lipinski definition) is 2. The summed E-state index contributed by atoms with van der Waals surface area (Å²) in [6.07, 6.45) is 2.28. The molecule has 96 valence electrons. The highest BCUT2D eigenvalue weighted by atomic mass is 79.9. The molecule has 0 aliphatic carbocycles. The second-order valence-electron chi connectivity index (χ2n) is 3.89. The minimum absolute atomic E-state index is 0.312. The van der Waals surface area contributed by atoms with E-state index in [-0.39, 0.29) is 0 Å². The Bertz CT molecular complexity index is 331. The summed E-state index contributed by atoms with van der Waals surface area (Å²) in [5.41, 5.74) is 0.896. The lowest BCUT2D eigenvalue weighted by atomic mass is 10.2. The number of benzene rings is 1. The monoisotopic (exact) mass is 301 g/mol. The van der Waals surface area contributed by atoms with Crippen LogP contribution in [0.15, 0.2) is 22.7 Å². The first-order chi connectivity index (χ1) is 8.25. The third kappa shape index (κ3) is 5.52. The predicted octanol–water partition coefficient (Wildman–Crippen LogP) is 3.06. The molecule has 0 amide bonds. The highest BCUT2D eigenvalue weighted by molar-refractivity contribution is 9.10. The molecule has 0 saturated heterocycles. The van der Waals surface area contributed by atoms with Gasteiger partial charge in [0.15, 0.2) is 0 Å². The van der Waals surface area contributed by atoms with Crippen LogP contribution in [0.4, 0.5) is 0 Å². The Labute approximate surface area is 111 Å². The number of halogens is 1. The van der Waals surface area contributed by atoms with E-state index in [1.165, 1.54) is 6.42 Å². The number of phenolic OH excluding ortho intramolecular Hbond substituents is 1. The molecule has 1 aromatic carbocycles. The van der Waals surface area contributed by atoms with E-state index < -0.39 is 0 Å². The zero-order valence-corrected chi connectivity index (χ0v) is 11.8. The summed E-state index contributed by atoms with van der Waals surface area (Å²) in [6.45, 7) is 5.16. The van der Waals surface area contributed by atoms with Gasteiger partial charge in [-0.2, -0.15) is 0 Å². The summed E-state index contributed by atoms with van der Waals surface area (Å²) in [5, 5.41) is 13.0. The summed E-state index contributed by atoms with van der Waals surface area (Å²) in [7, 11) is 0. The lowest BCUT2D eigenvalue weighted by Crippen LogP contribution is -2.19. The molecule has 4 heteroatoms. The molecule has 0 aliphatic heterocycles. The number of rotatable bonds is 8. The largest absolute Gasteiger partial charge is 0.506 e. The molecule has 1 aromatic rings. The van der Waals surface area contributed by atoms with E-state index in [4.69, 9.17) is 4.74 Å². The van der Waals surface area contributed by atoms with Gasteiger partial charge in [-0.3, -0.25) is 0 Å². The van der Waals surface area contributed by atoms with Crippen molar-refractivity contribution in [1.82, 2.24) is 5.32 Å². The van der Waals surface area contributed by atoms with Crippen molar-refractivity contribution < 1.29 is 9.84 Å². The maximum atomic E-state index is 9.75. The van der Waals surface area contributed by atoms with Crippen molar-refractivity contribution in [1.29, 1.82) is 0 Å². The third-order valence-electron chi connectivity index (χ3n) is 2.45. The molecule has 0 spiro atoms. The second-order valence-corrected chi connectivity index (χ2v) is 4.74. The zero-order chi connectivity index (χ0) is 12.5. The molecule has 1 rings (SSSR count). The first-order valence-electron chi connectivity index (χ1n) is 6.00. The lowest BCUT2D eigenvalue weighted by Gasteiger charge is -2.08. The summed E-state index contributed by atoms with van der Waals surface area (Å²) < 4.78 is 6.16. The van der Waals surface area contributed by atoms with E-state index in [9.17, 15) is 5.11 Å². The minimum atomic E-state index is 0.312. The van der Waals surface area contributed by atoms with Crippen molar-refractivity contribution in [2.45, 2.75) is 26.3 Å². The fourth-order valence-corrected chi connectivity index (χ4v) is 1.83. The van der Waals surface area contributed by atoms with Gasteiger partial charge >= 0.3 is 0 Å². The SMILES string of the molecule is CCCCOCCNCc1cccc(Br)c1O. The van der Waals surface area contributed by atoms with Crippen LogP contribution in [0.1, 0.15) is 25.3 Å². The van der Waals surface area contributed by atoms with Crippen molar-refractivity contribution in [3.05, 3.63) is 28.2 Å². The Hall–Kier alpha value is -0.580. The van der Waals surface area contributed by atoms with Gasteiger partial charge in [-0.15, -0.1) is 0 Å². The van der Waals surface area contributed by atoms with Crippen LogP contribution in [0, 0.1) is 0 Å². The van der Waals surface area contributed by atoms with Crippen LogP contribution in [0.3, 0.4) is 0 Å². The van der Waals surface area contributed by atoms with E-state index >= 15 is 0 Å². The second kappa shape index (κ2) is 8.50. The van der Waals surface area contributed by atoms with Crippen LogP contribution in [0.2, 0.25) is 0 Å². The molecule has 3 nitrogen and oxygen atoms in total. The maximum Gasteiger partial charge on any atom is 0.134 e. The highest BCUT2D eigenvalue weighted by Gasteiger charge is 2.03. The van der Waals surface area contributed by atoms with Gasteiger partial charge in [0.2, 0.25) is 0 Å². The molecular weight excluding hydrogens is 282 g/mol. The molecule has 2 N–H and O–H groups in total. The average molecular weight is 302 g/mol. The van der Waals surface area contributed by atoms with E-state index in [1.807, 2.05) is 18.2 Å². The minimum Gasteiger partial charge on any atom is -0.506 e. The van der Waals surface area contributed by atoms with E-state index in [1.54, 1.807) is 0 Å². The Morgan fingerprint density at radius 3 is 2.94 bits per heavy atom. The van der Waals surface area contributed by atoms with Crippen molar-refractivity contribution in [2.75, 3.05) is 19.8 Å². The molecule has 0 unspecified atom stereocenters. The molecule has 0 heterocycles. The van der Waals surface area contributed by atoms with E-state index in [0.29, 0.717) is 12.3 Å². The average Bonchev–Trinajstić information content (AvgIpc) is 2.33. The quantitative estimate of drug-likeness (QED) is 0.725. The van der Waals surface area contributed by atoms with Crippen molar-refractivity contribution in [3.63, 3.8) is 0 Å². The molecule has 0 saturated carbocycles. The van der Waals surface area contributed by atoms with Crippen molar-refractivity contribution in [3.8, 4) is 5.75 Å². The van der Waals surface area contributed by atoms with Crippen LogP contribution < -0.4 is 5.32 Å². The van der Waals surface area contributed by atoms with E-state index in [0.717, 1.165) is 36.2 Å². The van der Waals surface area contributed by atoms with Crippen molar-refractivity contribution in [2.24, 2.45) is 0 Å². The standard InChI is InChI=1S/C13H20BrNO2/c1-2-3-8-17-9-7-15-10-11-5-4-6-12(14)13(11)16/h4-6,15-16H,2-3,7-10H2,1H3. The maximum absolute atomic E-state index is 9.75. The summed E-state index contributed by atoms with van der Waals surface area (Å²) in [4.78, 5) is 0.